The number of nitrogens with zero attached hydrogens (tertiary/aromatic N) is 1. The van der Waals surface area contributed by atoms with E-state index in [2.05, 4.69) is 62.2 Å². The Labute approximate surface area is 124 Å². The number of hydrogen-bond donors (Lipinski definition) is 1. The highest BCUT2D eigenvalue weighted by Crippen LogP contribution is 2.26. The van der Waals surface area contributed by atoms with Crippen LogP contribution in [0.2, 0.25) is 0 Å². The molecule has 2 unspecified atom stereocenters. The molecule has 1 saturated heterocycles. The summed E-state index contributed by atoms with van der Waals surface area (Å²) in [5.41, 5.74) is 2.89. The minimum atomic E-state index is 0.516. The van der Waals surface area contributed by atoms with Crippen molar-refractivity contribution in [3.8, 4) is 0 Å². The molecule has 1 aliphatic rings. The lowest BCUT2D eigenvalue weighted by Crippen LogP contribution is -2.56. The van der Waals surface area contributed by atoms with Crippen LogP contribution in [-0.4, -0.2) is 30.1 Å². The third kappa shape index (κ3) is 3.42. The van der Waals surface area contributed by atoms with Gasteiger partial charge in [-0.3, -0.25) is 4.90 Å². The number of aryl methyl sites for hydroxylation is 1. The van der Waals surface area contributed by atoms with Crippen molar-refractivity contribution in [2.45, 2.75) is 65.1 Å². The fraction of sp³-hybridized carbons (Fsp3) is 0.667. The molecule has 2 nitrogen and oxygen atoms in total. The Hall–Kier alpha value is -0.860. The molecule has 20 heavy (non-hydrogen) atoms. The van der Waals surface area contributed by atoms with E-state index in [4.69, 9.17) is 0 Å². The van der Waals surface area contributed by atoms with Crippen LogP contribution in [0.5, 0.6) is 0 Å². The molecule has 1 aromatic carbocycles. The van der Waals surface area contributed by atoms with Crippen LogP contribution in [-0.2, 0) is 6.42 Å². The van der Waals surface area contributed by atoms with Gasteiger partial charge in [0.15, 0.2) is 0 Å². The van der Waals surface area contributed by atoms with E-state index >= 15 is 0 Å². The van der Waals surface area contributed by atoms with Crippen LogP contribution >= 0.6 is 0 Å². The Morgan fingerprint density at radius 1 is 1.15 bits per heavy atom. The van der Waals surface area contributed by atoms with Crippen LogP contribution in [0.1, 0.15) is 57.7 Å². The second-order valence-electron chi connectivity index (χ2n) is 6.04. The van der Waals surface area contributed by atoms with Crippen molar-refractivity contribution < 1.29 is 0 Å². The van der Waals surface area contributed by atoms with E-state index in [9.17, 15) is 0 Å². The van der Waals surface area contributed by atoms with Crippen LogP contribution in [0.3, 0.4) is 0 Å². The molecular formula is C18H30N2. The average molecular weight is 274 g/mol. The molecule has 0 saturated carbocycles. The lowest BCUT2D eigenvalue weighted by Gasteiger charge is -2.43. The first-order chi connectivity index (χ1) is 9.69. The van der Waals surface area contributed by atoms with Gasteiger partial charge < -0.3 is 5.32 Å². The minimum absolute atomic E-state index is 0.516. The molecule has 0 spiro atoms. The van der Waals surface area contributed by atoms with Gasteiger partial charge in [0.05, 0.1) is 0 Å². The molecule has 1 N–H and O–H groups in total. The first-order valence-corrected chi connectivity index (χ1v) is 8.27. The molecule has 0 radical (unpaired) electrons. The van der Waals surface area contributed by atoms with Crippen molar-refractivity contribution in [1.82, 2.24) is 10.2 Å². The molecule has 1 heterocycles. The van der Waals surface area contributed by atoms with E-state index in [-0.39, 0.29) is 0 Å². The predicted molar refractivity (Wildman–Crippen MR) is 87.1 cm³/mol. The molecule has 0 aromatic heterocycles. The van der Waals surface area contributed by atoms with Gasteiger partial charge in [-0.05, 0) is 37.3 Å². The minimum Gasteiger partial charge on any atom is -0.311 e. The maximum atomic E-state index is 3.68. The summed E-state index contributed by atoms with van der Waals surface area (Å²) < 4.78 is 0. The second kappa shape index (κ2) is 7.24. The Bertz CT molecular complexity index is 398. The van der Waals surface area contributed by atoms with E-state index in [1.54, 1.807) is 0 Å². The molecule has 2 rings (SSSR count). The largest absolute Gasteiger partial charge is 0.311 e. The third-order valence-corrected chi connectivity index (χ3v) is 4.87. The lowest BCUT2D eigenvalue weighted by molar-refractivity contribution is 0.0850. The second-order valence-corrected chi connectivity index (χ2v) is 6.04. The van der Waals surface area contributed by atoms with Crippen molar-refractivity contribution in [2.75, 3.05) is 13.1 Å². The molecule has 1 aromatic rings. The van der Waals surface area contributed by atoms with E-state index in [0.717, 1.165) is 13.0 Å². The number of hydrogen-bond acceptors (Lipinski definition) is 2. The first kappa shape index (κ1) is 15.5. The normalized spacial score (nSPS) is 25.6. The Balaban J connectivity index is 2.12. The molecule has 0 amide bonds. The molecule has 112 valence electrons. The fourth-order valence-corrected chi connectivity index (χ4v) is 3.24. The van der Waals surface area contributed by atoms with E-state index < -0.39 is 0 Å². The highest BCUT2D eigenvalue weighted by molar-refractivity contribution is 5.25. The van der Waals surface area contributed by atoms with Gasteiger partial charge in [0.1, 0.15) is 0 Å². The van der Waals surface area contributed by atoms with Crippen LogP contribution < -0.4 is 5.32 Å². The fourth-order valence-electron chi connectivity index (χ4n) is 3.24. The van der Waals surface area contributed by atoms with Crippen molar-refractivity contribution in [2.24, 2.45) is 0 Å². The number of nitrogens with one attached hydrogen (secondary N) is 1. The molecule has 1 aliphatic heterocycles. The van der Waals surface area contributed by atoms with Gasteiger partial charge in [-0.1, -0.05) is 45.0 Å². The quantitative estimate of drug-likeness (QED) is 0.879. The number of benzene rings is 1. The smallest absolute Gasteiger partial charge is 0.0324 e. The zero-order chi connectivity index (χ0) is 14.5. The highest BCUT2D eigenvalue weighted by atomic mass is 15.2. The molecule has 0 aliphatic carbocycles. The van der Waals surface area contributed by atoms with Gasteiger partial charge in [-0.2, -0.15) is 0 Å². The maximum absolute atomic E-state index is 3.68. The van der Waals surface area contributed by atoms with E-state index in [0.29, 0.717) is 18.1 Å². The summed E-state index contributed by atoms with van der Waals surface area (Å²) in [6, 6.07) is 11.0. The summed E-state index contributed by atoms with van der Waals surface area (Å²) >= 11 is 0. The number of rotatable bonds is 5. The first-order valence-electron chi connectivity index (χ1n) is 8.27. The van der Waals surface area contributed by atoms with Crippen molar-refractivity contribution in [3.05, 3.63) is 35.4 Å². The summed E-state index contributed by atoms with van der Waals surface area (Å²) in [7, 11) is 0. The van der Waals surface area contributed by atoms with Gasteiger partial charge in [0, 0.05) is 31.2 Å². The molecular weight excluding hydrogens is 244 g/mol. The van der Waals surface area contributed by atoms with E-state index in [1.807, 2.05) is 0 Å². The number of piperazine rings is 1. The summed E-state index contributed by atoms with van der Waals surface area (Å²) in [5, 5.41) is 3.68. The average Bonchev–Trinajstić information content (AvgIpc) is 2.53. The maximum Gasteiger partial charge on any atom is 0.0324 e. The predicted octanol–water partition coefficient (Wildman–Crippen LogP) is 3.77. The van der Waals surface area contributed by atoms with Crippen LogP contribution in [0, 0.1) is 0 Å². The van der Waals surface area contributed by atoms with Crippen LogP contribution in [0.25, 0.3) is 0 Å². The van der Waals surface area contributed by atoms with Crippen molar-refractivity contribution >= 4 is 0 Å². The molecule has 0 bridgehead atoms. The van der Waals surface area contributed by atoms with Crippen LogP contribution in [0.4, 0.5) is 0 Å². The lowest BCUT2D eigenvalue weighted by atomic mass is 9.98. The summed E-state index contributed by atoms with van der Waals surface area (Å²) in [4.78, 5) is 2.70. The van der Waals surface area contributed by atoms with Gasteiger partial charge in [-0.25, -0.2) is 0 Å². The topological polar surface area (TPSA) is 15.3 Å². The Kier molecular flexibility index (Phi) is 5.62. The Morgan fingerprint density at radius 2 is 1.85 bits per heavy atom. The van der Waals surface area contributed by atoms with Gasteiger partial charge in [0.25, 0.3) is 0 Å². The van der Waals surface area contributed by atoms with Gasteiger partial charge in [0.2, 0.25) is 0 Å². The zero-order valence-corrected chi connectivity index (χ0v) is 13.5. The van der Waals surface area contributed by atoms with Crippen molar-refractivity contribution in [1.29, 1.82) is 0 Å². The highest BCUT2D eigenvalue weighted by Gasteiger charge is 2.29. The Morgan fingerprint density at radius 3 is 2.40 bits per heavy atom. The SMILES string of the molecule is CCc1ccc(C(C)N2CC(CC)NC[C@H]2CC)cc1. The van der Waals surface area contributed by atoms with Crippen molar-refractivity contribution in [3.63, 3.8) is 0 Å². The monoisotopic (exact) mass is 274 g/mol. The summed E-state index contributed by atoms with van der Waals surface area (Å²) in [6.45, 7) is 11.5. The third-order valence-electron chi connectivity index (χ3n) is 4.87. The van der Waals surface area contributed by atoms with E-state index in [1.165, 1.54) is 30.5 Å². The summed E-state index contributed by atoms with van der Waals surface area (Å²) in [6.07, 6.45) is 3.56. The van der Waals surface area contributed by atoms with Crippen LogP contribution in [0.15, 0.2) is 24.3 Å². The summed E-state index contributed by atoms with van der Waals surface area (Å²) in [5.74, 6) is 0. The molecule has 3 atom stereocenters. The standard InChI is InChI=1S/C18H30N2/c1-5-15-8-10-16(11-9-15)14(4)20-13-17(6-2)19-12-18(20)7-3/h8-11,14,17-19H,5-7,12-13H2,1-4H3/t14?,17?,18-/m1/s1. The molecule has 2 heteroatoms. The van der Waals surface area contributed by atoms with Gasteiger partial charge >= 0.3 is 0 Å². The molecule has 1 fully saturated rings. The zero-order valence-electron chi connectivity index (χ0n) is 13.5. The van der Waals surface area contributed by atoms with Gasteiger partial charge in [-0.15, -0.1) is 0 Å².